The average Bonchev–Trinajstić information content (AvgIpc) is 2.57. The lowest BCUT2D eigenvalue weighted by molar-refractivity contribution is -0.139. The summed E-state index contributed by atoms with van der Waals surface area (Å²) in [4.78, 5) is 10.6. The molecule has 0 spiro atoms. The van der Waals surface area contributed by atoms with Crippen molar-refractivity contribution in [1.82, 2.24) is 9.78 Å². The van der Waals surface area contributed by atoms with Gasteiger partial charge in [0.25, 0.3) is 0 Å². The molecule has 2 unspecified atom stereocenters. The maximum Gasteiger partial charge on any atom is 0.303 e. The van der Waals surface area contributed by atoms with Crippen molar-refractivity contribution in [3.63, 3.8) is 0 Å². The van der Waals surface area contributed by atoms with Gasteiger partial charge in [-0.2, -0.15) is 5.10 Å². The molecular weight excluding hydrogens is 208 g/mol. The van der Waals surface area contributed by atoms with Gasteiger partial charge in [-0.15, -0.1) is 0 Å². The summed E-state index contributed by atoms with van der Waals surface area (Å²) in [5, 5.41) is 22.9. The molecule has 1 rings (SSSR count). The number of nitrogens with zero attached hydrogens (tertiary/aromatic N) is 2. The van der Waals surface area contributed by atoms with Gasteiger partial charge in [0.05, 0.1) is 18.2 Å². The number of hydrogen-bond donors (Lipinski definition) is 2. The average molecular weight is 226 g/mol. The summed E-state index contributed by atoms with van der Waals surface area (Å²) in [6.45, 7) is 3.69. The maximum absolute atomic E-state index is 10.6. The lowest BCUT2D eigenvalue weighted by Crippen LogP contribution is -2.14. The molecule has 0 saturated carbocycles. The molecule has 1 aromatic rings. The van der Waals surface area contributed by atoms with E-state index in [9.17, 15) is 9.90 Å². The molecular formula is C11H18N2O3. The minimum atomic E-state index is -0.895. The van der Waals surface area contributed by atoms with Gasteiger partial charge >= 0.3 is 5.97 Å². The van der Waals surface area contributed by atoms with Gasteiger partial charge in [-0.25, -0.2) is 0 Å². The number of aliphatic carboxylic acids is 1. The van der Waals surface area contributed by atoms with E-state index in [0.29, 0.717) is 0 Å². The van der Waals surface area contributed by atoms with Gasteiger partial charge in [0.15, 0.2) is 0 Å². The first-order chi connectivity index (χ1) is 7.45. The fourth-order valence-electron chi connectivity index (χ4n) is 1.77. The lowest BCUT2D eigenvalue weighted by Gasteiger charge is -2.16. The second-order valence-corrected chi connectivity index (χ2v) is 4.08. The zero-order valence-corrected chi connectivity index (χ0v) is 9.84. The van der Waals surface area contributed by atoms with Crippen LogP contribution in [0.4, 0.5) is 0 Å². The molecule has 0 aliphatic rings. The molecule has 0 radical (unpaired) electrons. The predicted octanol–water partition coefficient (Wildman–Crippen LogP) is 1.13. The van der Waals surface area contributed by atoms with E-state index in [1.165, 1.54) is 0 Å². The van der Waals surface area contributed by atoms with E-state index in [1.54, 1.807) is 24.9 Å². The van der Waals surface area contributed by atoms with Gasteiger partial charge in [-0.1, -0.05) is 13.8 Å². The van der Waals surface area contributed by atoms with E-state index in [-0.39, 0.29) is 12.3 Å². The first-order valence-corrected chi connectivity index (χ1v) is 5.38. The van der Waals surface area contributed by atoms with Crippen LogP contribution in [0, 0.1) is 5.92 Å². The van der Waals surface area contributed by atoms with E-state index >= 15 is 0 Å². The van der Waals surface area contributed by atoms with Crippen LogP contribution >= 0.6 is 0 Å². The van der Waals surface area contributed by atoms with E-state index in [4.69, 9.17) is 5.11 Å². The topological polar surface area (TPSA) is 75.3 Å². The highest BCUT2D eigenvalue weighted by atomic mass is 16.4. The van der Waals surface area contributed by atoms with Crippen LogP contribution < -0.4 is 0 Å². The zero-order chi connectivity index (χ0) is 12.3. The molecule has 5 heteroatoms. The minimum Gasteiger partial charge on any atom is -0.481 e. The normalized spacial score (nSPS) is 14.8. The number of hydrogen-bond acceptors (Lipinski definition) is 3. The van der Waals surface area contributed by atoms with Crippen LogP contribution in [0.25, 0.3) is 0 Å². The molecule has 5 nitrogen and oxygen atoms in total. The fourth-order valence-corrected chi connectivity index (χ4v) is 1.77. The van der Waals surface area contributed by atoms with Crippen molar-refractivity contribution < 1.29 is 15.0 Å². The Morgan fingerprint density at radius 1 is 1.62 bits per heavy atom. The summed E-state index contributed by atoms with van der Waals surface area (Å²) in [5.74, 6) is -1.21. The van der Waals surface area contributed by atoms with Gasteiger partial charge in [0.2, 0.25) is 0 Å². The summed E-state index contributed by atoms with van der Waals surface area (Å²) in [6.07, 6.45) is 1.67. The molecule has 0 aromatic carbocycles. The number of rotatable bonds is 5. The van der Waals surface area contributed by atoms with Crippen molar-refractivity contribution in [2.24, 2.45) is 13.0 Å². The molecule has 2 atom stereocenters. The second kappa shape index (κ2) is 5.12. The third-order valence-corrected chi connectivity index (χ3v) is 2.63. The van der Waals surface area contributed by atoms with Crippen molar-refractivity contribution in [2.45, 2.75) is 32.8 Å². The highest BCUT2D eigenvalue weighted by Gasteiger charge is 2.23. The molecule has 0 aliphatic heterocycles. The Balaban J connectivity index is 2.85. The summed E-state index contributed by atoms with van der Waals surface area (Å²) < 4.78 is 1.64. The van der Waals surface area contributed by atoms with Crippen LogP contribution in [0.1, 0.15) is 37.6 Å². The Bertz CT molecular complexity index is 373. The largest absolute Gasteiger partial charge is 0.481 e. The van der Waals surface area contributed by atoms with E-state index in [1.807, 2.05) is 6.92 Å². The van der Waals surface area contributed by atoms with Gasteiger partial charge in [0.1, 0.15) is 0 Å². The number of aliphatic hydroxyl groups excluding tert-OH is 1. The minimum absolute atomic E-state index is 0.0424. The van der Waals surface area contributed by atoms with Crippen LogP contribution in [0.2, 0.25) is 0 Å². The van der Waals surface area contributed by atoms with Crippen molar-refractivity contribution in [3.8, 4) is 0 Å². The monoisotopic (exact) mass is 226 g/mol. The van der Waals surface area contributed by atoms with Crippen molar-refractivity contribution in [3.05, 3.63) is 17.5 Å². The van der Waals surface area contributed by atoms with Crippen molar-refractivity contribution >= 4 is 5.97 Å². The summed E-state index contributed by atoms with van der Waals surface area (Å²) >= 11 is 0. The standard InChI is InChI=1S/C11H18N2O3/c1-4-9-8(6-13(3)12-9)11(16)7(2)5-10(14)15/h6-7,11,16H,4-5H2,1-3H3,(H,14,15). The van der Waals surface area contributed by atoms with Crippen LogP contribution in [-0.4, -0.2) is 26.0 Å². The molecule has 0 saturated heterocycles. The Morgan fingerprint density at radius 3 is 2.75 bits per heavy atom. The smallest absolute Gasteiger partial charge is 0.303 e. The molecule has 90 valence electrons. The zero-order valence-electron chi connectivity index (χ0n) is 9.84. The molecule has 0 fully saturated rings. The van der Waals surface area contributed by atoms with Crippen LogP contribution in [0.5, 0.6) is 0 Å². The molecule has 1 aromatic heterocycles. The van der Waals surface area contributed by atoms with Crippen LogP contribution in [-0.2, 0) is 18.3 Å². The first-order valence-electron chi connectivity index (χ1n) is 5.38. The van der Waals surface area contributed by atoms with Crippen LogP contribution in [0.15, 0.2) is 6.20 Å². The number of aliphatic hydroxyl groups is 1. The Labute approximate surface area is 94.7 Å². The molecule has 0 amide bonds. The SMILES string of the molecule is CCc1nn(C)cc1C(O)C(C)CC(=O)O. The highest BCUT2D eigenvalue weighted by molar-refractivity contribution is 5.67. The van der Waals surface area contributed by atoms with Crippen molar-refractivity contribution in [2.75, 3.05) is 0 Å². The molecule has 1 heterocycles. The van der Waals surface area contributed by atoms with Gasteiger partial charge in [0, 0.05) is 18.8 Å². The first kappa shape index (κ1) is 12.7. The maximum atomic E-state index is 10.6. The van der Waals surface area contributed by atoms with Gasteiger partial charge < -0.3 is 10.2 Å². The molecule has 2 N–H and O–H groups in total. The van der Waals surface area contributed by atoms with E-state index in [2.05, 4.69) is 5.10 Å². The van der Waals surface area contributed by atoms with Gasteiger partial charge in [-0.05, 0) is 12.3 Å². The molecule has 0 bridgehead atoms. The lowest BCUT2D eigenvalue weighted by atomic mass is 9.94. The number of carbonyl (C=O) groups is 1. The number of carboxylic acids is 1. The number of aromatic nitrogens is 2. The summed E-state index contributed by atoms with van der Waals surface area (Å²) in [5.41, 5.74) is 1.56. The Hall–Kier alpha value is -1.36. The van der Waals surface area contributed by atoms with E-state index in [0.717, 1.165) is 17.7 Å². The Morgan fingerprint density at radius 2 is 2.25 bits per heavy atom. The highest BCUT2D eigenvalue weighted by Crippen LogP contribution is 2.26. The Kier molecular flexibility index (Phi) is 4.06. The van der Waals surface area contributed by atoms with Gasteiger partial charge in [-0.3, -0.25) is 9.48 Å². The van der Waals surface area contributed by atoms with Crippen molar-refractivity contribution in [1.29, 1.82) is 0 Å². The van der Waals surface area contributed by atoms with E-state index < -0.39 is 12.1 Å². The number of aryl methyl sites for hydroxylation is 2. The quantitative estimate of drug-likeness (QED) is 0.789. The molecule has 16 heavy (non-hydrogen) atoms. The summed E-state index contributed by atoms with van der Waals surface area (Å²) in [6, 6.07) is 0. The molecule has 0 aliphatic carbocycles. The fraction of sp³-hybridized carbons (Fsp3) is 0.636. The summed E-state index contributed by atoms with van der Waals surface area (Å²) in [7, 11) is 1.79. The third kappa shape index (κ3) is 2.82. The number of carboxylic acid groups (broad SMARTS) is 1. The third-order valence-electron chi connectivity index (χ3n) is 2.63. The predicted molar refractivity (Wildman–Crippen MR) is 59.0 cm³/mol. The van der Waals surface area contributed by atoms with Crippen LogP contribution in [0.3, 0.4) is 0 Å². The second-order valence-electron chi connectivity index (χ2n) is 4.08.